The average molecular weight is 334 g/mol. The molecule has 24 heavy (non-hydrogen) atoms. The molecule has 1 saturated heterocycles. The van der Waals surface area contributed by atoms with E-state index in [1.165, 1.54) is 6.33 Å². The number of carbonyl (C=O) groups excluding carboxylic acids is 1. The highest BCUT2D eigenvalue weighted by atomic mass is 16.7. The fraction of sp³-hybridized carbons (Fsp3) is 0.625. The van der Waals surface area contributed by atoms with E-state index in [0.29, 0.717) is 44.0 Å². The van der Waals surface area contributed by atoms with Crippen LogP contribution in [0, 0.1) is 0 Å². The zero-order valence-electron chi connectivity index (χ0n) is 14.2. The minimum absolute atomic E-state index is 0.283. The lowest BCUT2D eigenvalue weighted by atomic mass is 9.88. The third kappa shape index (κ3) is 3.93. The third-order valence-corrected chi connectivity index (χ3v) is 3.91. The molecule has 3 rings (SSSR count). The highest BCUT2D eigenvalue weighted by molar-refractivity contribution is 5.80. The zero-order valence-corrected chi connectivity index (χ0v) is 14.2. The summed E-state index contributed by atoms with van der Waals surface area (Å²) >= 11 is 0. The molecular weight excluding hydrogens is 312 g/mol. The maximum Gasteiger partial charge on any atom is 0.410 e. The molecule has 2 aliphatic heterocycles. The van der Waals surface area contributed by atoms with Crippen molar-refractivity contribution in [1.82, 2.24) is 14.9 Å². The van der Waals surface area contributed by atoms with Crippen molar-refractivity contribution in [3.05, 3.63) is 18.7 Å². The second-order valence-electron chi connectivity index (χ2n) is 7.08. The number of ether oxygens (including phenoxy) is 2. The molecule has 1 amide bonds. The molecule has 0 radical (unpaired) electrons. The van der Waals surface area contributed by atoms with E-state index >= 15 is 0 Å². The van der Waals surface area contributed by atoms with Gasteiger partial charge in [0.25, 0.3) is 0 Å². The van der Waals surface area contributed by atoms with Crippen LogP contribution in [0.5, 0.6) is 5.75 Å². The molecule has 1 fully saturated rings. The maximum absolute atomic E-state index is 12.1. The van der Waals surface area contributed by atoms with Crippen LogP contribution >= 0.6 is 0 Å². The summed E-state index contributed by atoms with van der Waals surface area (Å²) in [7, 11) is 0. The molecule has 0 N–H and O–H groups in total. The Balaban J connectivity index is 1.51. The molecule has 0 saturated carbocycles. The third-order valence-electron chi connectivity index (χ3n) is 3.91. The standard InChI is InChI=1S/C16H22N4O4/c1-15(2,3)23-14(21)20-6-4-16(5-7-20)8-13(19-24-16)22-12-9-17-11-18-10-12/h9-11H,4-8H2,1-3H3. The molecule has 0 bridgehead atoms. The lowest BCUT2D eigenvalue weighted by Crippen LogP contribution is -2.48. The van der Waals surface area contributed by atoms with Gasteiger partial charge in [-0.25, -0.2) is 14.8 Å². The van der Waals surface area contributed by atoms with Gasteiger partial charge in [0, 0.05) is 25.9 Å². The predicted octanol–water partition coefficient (Wildman–Crippen LogP) is 2.36. The van der Waals surface area contributed by atoms with Crippen molar-refractivity contribution in [1.29, 1.82) is 0 Å². The number of amides is 1. The number of hydrogen-bond donors (Lipinski definition) is 0. The summed E-state index contributed by atoms with van der Waals surface area (Å²) in [5.74, 6) is 1.04. The molecular formula is C16H22N4O4. The van der Waals surface area contributed by atoms with Crippen molar-refractivity contribution < 1.29 is 19.1 Å². The number of hydrogen-bond acceptors (Lipinski definition) is 7. The van der Waals surface area contributed by atoms with Gasteiger partial charge in [-0.05, 0) is 20.8 Å². The van der Waals surface area contributed by atoms with Crippen LogP contribution in [0.4, 0.5) is 4.79 Å². The summed E-state index contributed by atoms with van der Waals surface area (Å²) in [6.45, 7) is 6.74. The Morgan fingerprint density at radius 2 is 1.92 bits per heavy atom. The Hall–Kier alpha value is -2.38. The number of aromatic nitrogens is 2. The smallest absolute Gasteiger partial charge is 0.410 e. The second kappa shape index (κ2) is 6.26. The highest BCUT2D eigenvalue weighted by Crippen LogP contribution is 2.35. The van der Waals surface area contributed by atoms with Crippen molar-refractivity contribution in [2.75, 3.05) is 13.1 Å². The van der Waals surface area contributed by atoms with E-state index in [0.717, 1.165) is 0 Å². The number of rotatable bonds is 1. The Morgan fingerprint density at radius 3 is 2.54 bits per heavy atom. The molecule has 0 aromatic carbocycles. The number of likely N-dealkylation sites (tertiary alicyclic amines) is 1. The summed E-state index contributed by atoms with van der Waals surface area (Å²) in [5, 5.41) is 4.04. The van der Waals surface area contributed by atoms with Crippen molar-refractivity contribution >= 4 is 12.0 Å². The number of nitrogens with zero attached hydrogens (tertiary/aromatic N) is 4. The van der Waals surface area contributed by atoms with Gasteiger partial charge < -0.3 is 19.2 Å². The van der Waals surface area contributed by atoms with Crippen LogP contribution in [0.15, 0.2) is 23.9 Å². The van der Waals surface area contributed by atoms with E-state index in [1.807, 2.05) is 20.8 Å². The van der Waals surface area contributed by atoms with Gasteiger partial charge in [0.05, 0.1) is 18.8 Å². The van der Waals surface area contributed by atoms with Crippen molar-refractivity contribution in [3.8, 4) is 5.75 Å². The first-order chi connectivity index (χ1) is 11.4. The summed E-state index contributed by atoms with van der Waals surface area (Å²) in [4.78, 5) is 27.3. The van der Waals surface area contributed by atoms with E-state index in [9.17, 15) is 4.79 Å². The fourth-order valence-electron chi connectivity index (χ4n) is 2.71. The number of carbonyl (C=O) groups is 1. The summed E-state index contributed by atoms with van der Waals surface area (Å²) in [6.07, 6.45) is 6.26. The molecule has 0 atom stereocenters. The number of piperidine rings is 1. The van der Waals surface area contributed by atoms with Crippen molar-refractivity contribution in [3.63, 3.8) is 0 Å². The quantitative estimate of drug-likeness (QED) is 0.783. The minimum atomic E-state index is -0.488. The first-order valence-corrected chi connectivity index (χ1v) is 8.01. The van der Waals surface area contributed by atoms with E-state index in [1.54, 1.807) is 17.3 Å². The van der Waals surface area contributed by atoms with Gasteiger partial charge in [0.1, 0.15) is 17.5 Å². The first kappa shape index (κ1) is 16.5. The van der Waals surface area contributed by atoms with Crippen LogP contribution in [0.3, 0.4) is 0 Å². The van der Waals surface area contributed by atoms with Gasteiger partial charge in [-0.3, -0.25) is 0 Å². The molecule has 1 aromatic rings. The fourth-order valence-corrected chi connectivity index (χ4v) is 2.71. The SMILES string of the molecule is CC(C)(C)OC(=O)N1CCC2(CC1)CC(Oc1cncnc1)=NO2. The monoisotopic (exact) mass is 334 g/mol. The van der Waals surface area contributed by atoms with E-state index in [-0.39, 0.29) is 6.09 Å². The van der Waals surface area contributed by atoms with Gasteiger partial charge in [-0.1, -0.05) is 5.16 Å². The second-order valence-corrected chi connectivity index (χ2v) is 7.08. The minimum Gasteiger partial charge on any atom is -0.444 e. The molecule has 8 nitrogen and oxygen atoms in total. The lowest BCUT2D eigenvalue weighted by Gasteiger charge is -2.37. The molecule has 130 valence electrons. The Bertz CT molecular complexity index is 619. The van der Waals surface area contributed by atoms with Crippen LogP contribution < -0.4 is 4.74 Å². The van der Waals surface area contributed by atoms with Crippen molar-refractivity contribution in [2.24, 2.45) is 5.16 Å². The van der Waals surface area contributed by atoms with Crippen molar-refractivity contribution in [2.45, 2.75) is 51.2 Å². The van der Waals surface area contributed by atoms with Gasteiger partial charge in [-0.15, -0.1) is 0 Å². The predicted molar refractivity (Wildman–Crippen MR) is 85.6 cm³/mol. The largest absolute Gasteiger partial charge is 0.444 e. The van der Waals surface area contributed by atoms with Crippen LogP contribution in [0.1, 0.15) is 40.0 Å². The molecule has 1 aromatic heterocycles. The maximum atomic E-state index is 12.1. The molecule has 8 heteroatoms. The number of oxime groups is 1. The average Bonchev–Trinajstić information content (AvgIpc) is 2.90. The van der Waals surface area contributed by atoms with Gasteiger partial charge in [0.15, 0.2) is 5.75 Å². The molecule has 0 aliphatic carbocycles. The van der Waals surface area contributed by atoms with Crippen LogP contribution in [0.2, 0.25) is 0 Å². The summed E-state index contributed by atoms with van der Waals surface area (Å²) in [5.41, 5.74) is -0.887. The summed E-state index contributed by atoms with van der Waals surface area (Å²) in [6, 6.07) is 0. The normalized spacial score (nSPS) is 19.6. The van der Waals surface area contributed by atoms with E-state index in [4.69, 9.17) is 14.3 Å². The Kier molecular flexibility index (Phi) is 4.29. The van der Waals surface area contributed by atoms with E-state index in [2.05, 4.69) is 15.1 Å². The van der Waals surface area contributed by atoms with Crippen LogP contribution in [0.25, 0.3) is 0 Å². The molecule has 0 unspecified atom stereocenters. The van der Waals surface area contributed by atoms with Crippen LogP contribution in [-0.2, 0) is 9.57 Å². The van der Waals surface area contributed by atoms with Gasteiger partial charge in [-0.2, -0.15) is 0 Å². The summed E-state index contributed by atoms with van der Waals surface area (Å²) < 4.78 is 11.0. The van der Waals surface area contributed by atoms with Crippen LogP contribution in [-0.4, -0.2) is 51.2 Å². The topological polar surface area (TPSA) is 86.1 Å². The molecule has 2 aliphatic rings. The van der Waals surface area contributed by atoms with Gasteiger partial charge in [0.2, 0.25) is 5.90 Å². The first-order valence-electron chi connectivity index (χ1n) is 8.01. The lowest BCUT2D eigenvalue weighted by molar-refractivity contribution is -0.0639. The zero-order chi connectivity index (χ0) is 17.2. The van der Waals surface area contributed by atoms with E-state index < -0.39 is 11.2 Å². The Morgan fingerprint density at radius 1 is 1.25 bits per heavy atom. The highest BCUT2D eigenvalue weighted by Gasteiger charge is 2.44. The van der Waals surface area contributed by atoms with Gasteiger partial charge >= 0.3 is 6.09 Å². The Labute approximate surface area is 140 Å². The molecule has 3 heterocycles. The molecule has 1 spiro atoms.